The molecule has 1 aliphatic rings. The maximum Gasteiger partial charge on any atom is 0.242 e. The number of halogens is 1. The number of para-hydroxylation sites is 1. The predicted octanol–water partition coefficient (Wildman–Crippen LogP) is 4.25. The van der Waals surface area contributed by atoms with Crippen LogP contribution in [-0.4, -0.2) is 57.1 Å². The molecule has 2 aromatic carbocycles. The lowest BCUT2D eigenvalue weighted by Crippen LogP contribution is -2.50. The Kier molecular flexibility index (Phi) is 10.5. The summed E-state index contributed by atoms with van der Waals surface area (Å²) in [4.78, 5) is 28.1. The zero-order valence-electron chi connectivity index (χ0n) is 22.4. The summed E-state index contributed by atoms with van der Waals surface area (Å²) in [7, 11) is -2.19. The first kappa shape index (κ1) is 29.4. The van der Waals surface area contributed by atoms with Gasteiger partial charge >= 0.3 is 0 Å². The average Bonchev–Trinajstić information content (AvgIpc) is 2.90. The number of nitrogens with zero attached hydrogens (tertiary/aromatic N) is 2. The van der Waals surface area contributed by atoms with E-state index < -0.39 is 21.9 Å². The molecule has 38 heavy (non-hydrogen) atoms. The molecule has 8 nitrogen and oxygen atoms in total. The van der Waals surface area contributed by atoms with Crippen molar-refractivity contribution in [3.05, 3.63) is 59.9 Å². The van der Waals surface area contributed by atoms with Gasteiger partial charge in [-0.1, -0.05) is 43.5 Å². The molecule has 2 aromatic rings. The molecule has 0 saturated heterocycles. The van der Waals surface area contributed by atoms with Gasteiger partial charge < -0.3 is 15.0 Å². The van der Waals surface area contributed by atoms with Crippen molar-refractivity contribution in [1.29, 1.82) is 0 Å². The third kappa shape index (κ3) is 8.18. The van der Waals surface area contributed by atoms with Crippen molar-refractivity contribution in [3.63, 3.8) is 0 Å². The molecule has 208 valence electrons. The van der Waals surface area contributed by atoms with Crippen LogP contribution in [0.1, 0.15) is 57.4 Å². The van der Waals surface area contributed by atoms with E-state index in [9.17, 15) is 22.4 Å². The monoisotopic (exact) mass is 547 g/mol. The highest BCUT2D eigenvalue weighted by molar-refractivity contribution is 7.92. The maximum absolute atomic E-state index is 14.3. The van der Waals surface area contributed by atoms with Gasteiger partial charge in [-0.15, -0.1) is 0 Å². The molecule has 2 amide bonds. The number of sulfonamides is 1. The van der Waals surface area contributed by atoms with Gasteiger partial charge in [0.15, 0.2) is 0 Å². The largest absolute Gasteiger partial charge is 0.497 e. The molecule has 1 fully saturated rings. The predicted molar refractivity (Wildman–Crippen MR) is 146 cm³/mol. The summed E-state index contributed by atoms with van der Waals surface area (Å²) in [6, 6.07) is 12.3. The lowest BCUT2D eigenvalue weighted by atomic mass is 9.95. The molecule has 0 spiro atoms. The smallest absolute Gasteiger partial charge is 0.242 e. The first-order valence-corrected chi connectivity index (χ1v) is 14.9. The molecule has 10 heteroatoms. The zero-order chi connectivity index (χ0) is 27.7. The van der Waals surface area contributed by atoms with Crippen molar-refractivity contribution < 1.29 is 27.1 Å². The van der Waals surface area contributed by atoms with Crippen LogP contribution in [0.15, 0.2) is 48.5 Å². The number of carbonyl (C=O) groups excluding carboxylic acids is 2. The van der Waals surface area contributed by atoms with Crippen LogP contribution in [0.4, 0.5) is 10.1 Å². The lowest BCUT2D eigenvalue weighted by molar-refractivity contribution is -0.141. The van der Waals surface area contributed by atoms with Crippen LogP contribution in [-0.2, 0) is 26.2 Å². The number of hydrogen-bond donors (Lipinski definition) is 1. The molecule has 0 aliphatic heterocycles. The lowest BCUT2D eigenvalue weighted by Gasteiger charge is -2.31. The fourth-order valence-corrected chi connectivity index (χ4v) is 5.68. The van der Waals surface area contributed by atoms with Crippen LogP contribution < -0.4 is 14.4 Å². The van der Waals surface area contributed by atoms with E-state index >= 15 is 0 Å². The molecule has 0 bridgehead atoms. The molecule has 1 aliphatic carbocycles. The highest BCUT2D eigenvalue weighted by Gasteiger charge is 2.28. The standard InChI is InChI=1S/C28H38FN3O5S/c1-21(28(34)30-23-10-5-4-6-11-23)31(20-22-15-17-24(37-2)18-16-22)27(33)14-9-19-32(38(3,35)36)26-13-8-7-12-25(26)29/h7-8,12-13,15-18,21,23H,4-6,9-11,14,19-20H2,1-3H3,(H,30,34)/t21-/m0/s1. The van der Waals surface area contributed by atoms with Crippen LogP contribution in [0.25, 0.3) is 0 Å². The number of carbonyl (C=O) groups is 2. The van der Waals surface area contributed by atoms with E-state index in [1.54, 1.807) is 32.2 Å². The highest BCUT2D eigenvalue weighted by Crippen LogP contribution is 2.23. The van der Waals surface area contributed by atoms with Crippen molar-refractivity contribution in [3.8, 4) is 5.75 Å². The Morgan fingerprint density at radius 2 is 1.74 bits per heavy atom. The quantitative estimate of drug-likeness (QED) is 0.429. The minimum Gasteiger partial charge on any atom is -0.497 e. The second kappa shape index (κ2) is 13.6. The van der Waals surface area contributed by atoms with Gasteiger partial charge in [-0.2, -0.15) is 0 Å². The minimum atomic E-state index is -3.77. The number of rotatable bonds is 12. The van der Waals surface area contributed by atoms with Crippen LogP contribution in [0.2, 0.25) is 0 Å². The van der Waals surface area contributed by atoms with E-state index in [2.05, 4.69) is 5.32 Å². The van der Waals surface area contributed by atoms with E-state index in [4.69, 9.17) is 4.74 Å². The molecule has 0 radical (unpaired) electrons. The van der Waals surface area contributed by atoms with Gasteiger partial charge in [-0.25, -0.2) is 12.8 Å². The molecule has 1 N–H and O–H groups in total. The molecule has 1 saturated carbocycles. The molecule has 0 aromatic heterocycles. The molecule has 1 atom stereocenters. The van der Waals surface area contributed by atoms with Crippen molar-refractivity contribution in [1.82, 2.24) is 10.2 Å². The first-order chi connectivity index (χ1) is 18.1. The Bertz CT molecular complexity index is 1180. The molecule has 0 unspecified atom stereocenters. The molecular weight excluding hydrogens is 509 g/mol. The fraction of sp³-hybridized carbons (Fsp3) is 0.500. The Morgan fingerprint density at radius 1 is 1.08 bits per heavy atom. The highest BCUT2D eigenvalue weighted by atomic mass is 32.2. The number of hydrogen-bond acceptors (Lipinski definition) is 5. The van der Waals surface area contributed by atoms with E-state index in [0.29, 0.717) is 5.75 Å². The normalized spacial score (nSPS) is 14.9. The SMILES string of the molecule is COc1ccc(CN(C(=O)CCCN(c2ccccc2F)S(C)(=O)=O)[C@@H](C)C(=O)NC2CCCCC2)cc1. The number of anilines is 1. The topological polar surface area (TPSA) is 96.0 Å². The van der Waals surface area contributed by atoms with Gasteiger partial charge in [0.1, 0.15) is 17.6 Å². The van der Waals surface area contributed by atoms with Gasteiger partial charge in [0.05, 0.1) is 19.1 Å². The van der Waals surface area contributed by atoms with E-state index in [1.165, 1.54) is 29.5 Å². The van der Waals surface area contributed by atoms with E-state index in [-0.39, 0.29) is 49.5 Å². The summed E-state index contributed by atoms with van der Waals surface area (Å²) in [5, 5.41) is 3.10. The molecule has 3 rings (SSSR count). The van der Waals surface area contributed by atoms with Crippen molar-refractivity contribution >= 4 is 27.5 Å². The van der Waals surface area contributed by atoms with E-state index in [0.717, 1.165) is 41.8 Å². The van der Waals surface area contributed by atoms with Gasteiger partial charge in [0.2, 0.25) is 21.8 Å². The second-order valence-corrected chi connectivity index (χ2v) is 11.7. The van der Waals surface area contributed by atoms with Gasteiger partial charge in [0.25, 0.3) is 0 Å². The van der Waals surface area contributed by atoms with Crippen molar-refractivity contribution in [2.24, 2.45) is 0 Å². The summed E-state index contributed by atoms with van der Waals surface area (Å²) in [6.45, 7) is 1.86. The summed E-state index contributed by atoms with van der Waals surface area (Å²) >= 11 is 0. The number of ether oxygens (including phenoxy) is 1. The van der Waals surface area contributed by atoms with Gasteiger partial charge in [-0.3, -0.25) is 13.9 Å². The van der Waals surface area contributed by atoms with Crippen LogP contribution in [0, 0.1) is 5.82 Å². The fourth-order valence-electron chi connectivity index (χ4n) is 4.72. The number of benzene rings is 2. The Labute approximate surface area is 225 Å². The number of methoxy groups -OCH3 is 1. The number of nitrogens with one attached hydrogen (secondary N) is 1. The Hall–Kier alpha value is -3.14. The number of amides is 2. The zero-order valence-corrected chi connectivity index (χ0v) is 23.2. The summed E-state index contributed by atoms with van der Waals surface area (Å²) in [5.74, 6) is -0.459. The summed E-state index contributed by atoms with van der Waals surface area (Å²) in [6.07, 6.45) is 6.36. The van der Waals surface area contributed by atoms with Crippen LogP contribution >= 0.6 is 0 Å². The molecule has 0 heterocycles. The third-order valence-electron chi connectivity index (χ3n) is 6.90. The van der Waals surface area contributed by atoms with Gasteiger partial charge in [0, 0.05) is 25.6 Å². The Balaban J connectivity index is 1.72. The van der Waals surface area contributed by atoms with Gasteiger partial charge in [-0.05, 0) is 56.0 Å². The van der Waals surface area contributed by atoms with Crippen molar-refractivity contribution in [2.45, 2.75) is 70.5 Å². The van der Waals surface area contributed by atoms with E-state index in [1.807, 2.05) is 12.1 Å². The van der Waals surface area contributed by atoms with Crippen LogP contribution in [0.5, 0.6) is 5.75 Å². The summed E-state index contributed by atoms with van der Waals surface area (Å²) < 4.78 is 45.3. The molecular formula is C28H38FN3O5S. The second-order valence-electron chi connectivity index (χ2n) is 9.78. The maximum atomic E-state index is 14.3. The van der Waals surface area contributed by atoms with Crippen molar-refractivity contribution in [2.75, 3.05) is 24.2 Å². The minimum absolute atomic E-state index is 0.00231. The third-order valence-corrected chi connectivity index (χ3v) is 8.08. The average molecular weight is 548 g/mol. The van der Waals surface area contributed by atoms with Crippen LogP contribution in [0.3, 0.4) is 0 Å². The Morgan fingerprint density at radius 3 is 2.34 bits per heavy atom. The first-order valence-electron chi connectivity index (χ1n) is 13.0. The summed E-state index contributed by atoms with van der Waals surface area (Å²) in [5.41, 5.74) is 0.776.